The second-order valence-corrected chi connectivity index (χ2v) is 8.92. The highest BCUT2D eigenvalue weighted by atomic mass is 32.2. The molecule has 0 radical (unpaired) electrons. The Morgan fingerprint density at radius 1 is 1.39 bits per heavy atom. The van der Waals surface area contributed by atoms with Crippen LogP contribution in [0.2, 0.25) is 0 Å². The highest BCUT2D eigenvalue weighted by Crippen LogP contribution is 2.41. The van der Waals surface area contributed by atoms with Crippen LogP contribution in [0.5, 0.6) is 0 Å². The van der Waals surface area contributed by atoms with Gasteiger partial charge in [0, 0.05) is 12.0 Å². The van der Waals surface area contributed by atoms with Crippen LogP contribution in [0.3, 0.4) is 0 Å². The largest absolute Gasteiger partial charge is 0.313 e. The highest BCUT2D eigenvalue weighted by molar-refractivity contribution is 7.85. The van der Waals surface area contributed by atoms with Crippen LogP contribution in [0.15, 0.2) is 47.0 Å². The Bertz CT molecular complexity index is 952. The van der Waals surface area contributed by atoms with Crippen LogP contribution in [0.1, 0.15) is 44.7 Å². The van der Waals surface area contributed by atoms with Crippen molar-refractivity contribution in [1.82, 2.24) is 5.32 Å². The van der Waals surface area contributed by atoms with Crippen LogP contribution in [-0.4, -0.2) is 31.0 Å². The first kappa shape index (κ1) is 22.0. The summed E-state index contributed by atoms with van der Waals surface area (Å²) >= 11 is 0. The van der Waals surface area contributed by atoms with Crippen molar-refractivity contribution in [2.24, 2.45) is 4.99 Å². The number of hydrogen-bond donors (Lipinski definition) is 2. The van der Waals surface area contributed by atoms with E-state index in [0.29, 0.717) is 25.9 Å². The van der Waals surface area contributed by atoms with Crippen molar-refractivity contribution >= 4 is 21.5 Å². The zero-order chi connectivity index (χ0) is 20.8. The van der Waals surface area contributed by atoms with Gasteiger partial charge in [-0.1, -0.05) is 38.1 Å². The number of fused-ring (bicyclic) bond motifs is 1. The van der Waals surface area contributed by atoms with Gasteiger partial charge in [-0.2, -0.15) is 13.7 Å². The topological polar surface area (TPSA) is 103 Å². The summed E-state index contributed by atoms with van der Waals surface area (Å²) in [5.74, 6) is -0.238. The summed E-state index contributed by atoms with van der Waals surface area (Å²) in [5, 5.41) is 12.2. The zero-order valence-corrected chi connectivity index (χ0v) is 17.4. The third-order valence-corrected chi connectivity index (χ3v) is 5.49. The van der Waals surface area contributed by atoms with Crippen molar-refractivity contribution in [3.8, 4) is 6.07 Å². The standard InChI is InChI=1S/C21H27N3O3S/c1-4-6-16(9-10-22)14-20-21(2,3)18-13-17(7-8-19(18)24-20)15-23-11-5-12-28(25,26)27/h4,6-8,13-14,23H,5,9,11-12,15H2,1-3H3,(H,25,26,27)/b6-4-,16-14+. The van der Waals surface area contributed by atoms with Crippen molar-refractivity contribution in [2.45, 2.75) is 45.6 Å². The lowest BCUT2D eigenvalue weighted by Gasteiger charge is -2.21. The Morgan fingerprint density at radius 3 is 2.79 bits per heavy atom. The highest BCUT2D eigenvalue weighted by Gasteiger charge is 2.33. The molecule has 0 aromatic heterocycles. The summed E-state index contributed by atoms with van der Waals surface area (Å²) in [7, 11) is -3.90. The number of hydrogen-bond acceptors (Lipinski definition) is 5. The molecule has 0 fully saturated rings. The maximum atomic E-state index is 10.7. The average molecular weight is 402 g/mol. The third-order valence-electron chi connectivity index (χ3n) is 4.69. The maximum Gasteiger partial charge on any atom is 0.264 e. The van der Waals surface area contributed by atoms with Gasteiger partial charge in [0.1, 0.15) is 0 Å². The Balaban J connectivity index is 2.10. The van der Waals surface area contributed by atoms with E-state index in [4.69, 9.17) is 14.8 Å². The fraction of sp³-hybridized carbons (Fsp3) is 0.429. The van der Waals surface area contributed by atoms with Crippen LogP contribution in [0.25, 0.3) is 0 Å². The van der Waals surface area contributed by atoms with Crippen molar-refractivity contribution < 1.29 is 13.0 Å². The van der Waals surface area contributed by atoms with Crippen molar-refractivity contribution in [2.75, 3.05) is 12.3 Å². The quantitative estimate of drug-likeness (QED) is 0.372. The number of nitriles is 1. The van der Waals surface area contributed by atoms with Crippen molar-refractivity contribution in [1.29, 1.82) is 5.26 Å². The van der Waals surface area contributed by atoms with Gasteiger partial charge in [0.05, 0.1) is 29.6 Å². The SMILES string of the molecule is C/C=C\C(=C/C1=Nc2ccc(CNCCCS(=O)(=O)O)cc2C1(C)C)CC#N. The van der Waals surface area contributed by atoms with Gasteiger partial charge < -0.3 is 5.32 Å². The molecule has 28 heavy (non-hydrogen) atoms. The predicted octanol–water partition coefficient (Wildman–Crippen LogP) is 3.83. The summed E-state index contributed by atoms with van der Waals surface area (Å²) < 4.78 is 30.2. The van der Waals surface area contributed by atoms with Crippen LogP contribution in [0.4, 0.5) is 5.69 Å². The van der Waals surface area contributed by atoms with E-state index in [-0.39, 0.29) is 11.2 Å². The molecule has 1 heterocycles. The molecule has 6 nitrogen and oxygen atoms in total. The lowest BCUT2D eigenvalue weighted by atomic mass is 9.80. The molecule has 1 aliphatic rings. The minimum Gasteiger partial charge on any atom is -0.313 e. The van der Waals surface area contributed by atoms with Gasteiger partial charge in [0.15, 0.2) is 0 Å². The molecule has 2 rings (SSSR count). The van der Waals surface area contributed by atoms with E-state index >= 15 is 0 Å². The number of rotatable bonds is 9. The molecule has 0 aliphatic carbocycles. The van der Waals surface area contributed by atoms with Gasteiger partial charge in [0.2, 0.25) is 0 Å². The van der Waals surface area contributed by atoms with E-state index in [0.717, 1.165) is 28.1 Å². The normalized spacial score (nSPS) is 16.1. The molecule has 0 unspecified atom stereocenters. The first-order chi connectivity index (χ1) is 13.2. The maximum absolute atomic E-state index is 10.7. The molecule has 150 valence electrons. The minimum absolute atomic E-state index is 0.238. The molecule has 0 bridgehead atoms. The number of nitrogens with one attached hydrogen (secondary N) is 1. The van der Waals surface area contributed by atoms with E-state index in [1.807, 2.05) is 37.3 Å². The van der Waals surface area contributed by atoms with Gasteiger partial charge in [-0.15, -0.1) is 0 Å². The van der Waals surface area contributed by atoms with E-state index in [2.05, 4.69) is 31.3 Å². The summed E-state index contributed by atoms with van der Waals surface area (Å²) in [6, 6.07) is 8.31. The lowest BCUT2D eigenvalue weighted by molar-refractivity contribution is 0.479. The van der Waals surface area contributed by atoms with Crippen LogP contribution >= 0.6 is 0 Å². The van der Waals surface area contributed by atoms with E-state index in [1.165, 1.54) is 0 Å². The molecule has 0 atom stereocenters. The molecule has 0 spiro atoms. The molecular formula is C21H27N3O3S. The first-order valence-corrected chi connectivity index (χ1v) is 10.9. The second kappa shape index (κ2) is 9.28. The second-order valence-electron chi connectivity index (χ2n) is 7.34. The number of benzene rings is 1. The molecule has 0 amide bonds. The van der Waals surface area contributed by atoms with Crippen molar-refractivity contribution in [3.63, 3.8) is 0 Å². The van der Waals surface area contributed by atoms with Crippen LogP contribution < -0.4 is 5.32 Å². The molecule has 0 saturated heterocycles. The van der Waals surface area contributed by atoms with Crippen LogP contribution in [0, 0.1) is 11.3 Å². The number of nitrogens with zero attached hydrogens (tertiary/aromatic N) is 2. The third kappa shape index (κ3) is 5.86. The van der Waals surface area contributed by atoms with Crippen LogP contribution in [-0.2, 0) is 22.1 Å². The summed E-state index contributed by atoms with van der Waals surface area (Å²) in [5.41, 5.74) is 4.76. The monoisotopic (exact) mass is 401 g/mol. The van der Waals surface area contributed by atoms with E-state index in [9.17, 15) is 8.42 Å². The molecule has 1 aromatic carbocycles. The minimum atomic E-state index is -3.90. The fourth-order valence-corrected chi connectivity index (χ4v) is 3.67. The molecule has 0 saturated carbocycles. The molecule has 7 heteroatoms. The van der Waals surface area contributed by atoms with Gasteiger partial charge in [-0.3, -0.25) is 9.55 Å². The Labute approximate surface area is 167 Å². The molecule has 2 N–H and O–H groups in total. The van der Waals surface area contributed by atoms with Gasteiger partial charge in [-0.25, -0.2) is 0 Å². The average Bonchev–Trinajstić information content (AvgIpc) is 2.84. The smallest absolute Gasteiger partial charge is 0.264 e. The van der Waals surface area contributed by atoms with Gasteiger partial charge in [0.25, 0.3) is 10.1 Å². The first-order valence-electron chi connectivity index (χ1n) is 9.26. The molecular weight excluding hydrogens is 374 g/mol. The fourth-order valence-electron chi connectivity index (χ4n) is 3.16. The summed E-state index contributed by atoms with van der Waals surface area (Å²) in [4.78, 5) is 4.77. The van der Waals surface area contributed by atoms with Gasteiger partial charge in [-0.05, 0) is 48.7 Å². The van der Waals surface area contributed by atoms with Crippen molar-refractivity contribution in [3.05, 3.63) is 53.1 Å². The number of allylic oxidation sites excluding steroid dienone is 4. The van der Waals surface area contributed by atoms with E-state index in [1.54, 1.807) is 0 Å². The van der Waals surface area contributed by atoms with Gasteiger partial charge >= 0.3 is 0 Å². The Kier molecular flexibility index (Phi) is 7.30. The zero-order valence-electron chi connectivity index (χ0n) is 16.6. The van der Waals surface area contributed by atoms with E-state index < -0.39 is 10.1 Å². The predicted molar refractivity (Wildman–Crippen MR) is 112 cm³/mol. The Morgan fingerprint density at radius 2 is 2.14 bits per heavy atom. The molecule has 1 aromatic rings. The molecule has 1 aliphatic heterocycles. The summed E-state index contributed by atoms with van der Waals surface area (Å²) in [6.07, 6.45) is 6.56. The number of aliphatic imine (C=N–C) groups is 1. The Hall–Kier alpha value is -2.27. The summed E-state index contributed by atoms with van der Waals surface area (Å²) in [6.45, 7) is 7.29. The lowest BCUT2D eigenvalue weighted by Crippen LogP contribution is -2.24.